The number of aromatic nitrogens is 6. The van der Waals surface area contributed by atoms with Crippen LogP contribution in [-0.2, 0) is 44.4 Å². The van der Waals surface area contributed by atoms with E-state index in [9.17, 15) is 0 Å². The molecular weight excluding hydrogens is 414 g/mol. The molecule has 4 aromatic rings. The molecule has 0 aliphatic carbocycles. The van der Waals surface area contributed by atoms with Gasteiger partial charge in [0.1, 0.15) is 11.6 Å². The summed E-state index contributed by atoms with van der Waals surface area (Å²) in [5.74, 6) is 1.74. The molecule has 0 fully saturated rings. The quantitative estimate of drug-likeness (QED) is 0.396. The second-order valence-electron chi connectivity index (χ2n) is 8.80. The van der Waals surface area contributed by atoms with Crippen molar-refractivity contribution in [3.8, 4) is 23.0 Å². The second kappa shape index (κ2) is 6.30. The van der Waals surface area contributed by atoms with Crippen LogP contribution in [0.15, 0.2) is 36.7 Å². The van der Waals surface area contributed by atoms with Gasteiger partial charge in [-0.15, -0.1) is 0 Å². The molecule has 6 nitrogen and oxygen atoms in total. The standard InChI is InChI=1S/C22H24N6.Zn/c1-21(2)15-9-7-13(23-15)19-25-17(11-27(19)5)22(3,4)18-12-28(6)20(26-18)14-8-10-16(21)24-14;/h7-12H,1-6H3;/q-2;+2. The molecule has 7 heteroatoms. The molecule has 5 rings (SSSR count). The van der Waals surface area contributed by atoms with E-state index < -0.39 is 0 Å². The van der Waals surface area contributed by atoms with E-state index in [1.165, 1.54) is 0 Å². The van der Waals surface area contributed by atoms with Crippen LogP contribution >= 0.6 is 0 Å². The zero-order valence-electron chi connectivity index (χ0n) is 17.9. The van der Waals surface area contributed by atoms with Crippen LogP contribution in [0.5, 0.6) is 0 Å². The molecule has 29 heavy (non-hydrogen) atoms. The molecule has 8 bridgehead atoms. The molecular formula is C22H24N6Zn. The Morgan fingerprint density at radius 2 is 1.10 bits per heavy atom. The second-order valence-corrected chi connectivity index (χ2v) is 8.80. The van der Waals surface area contributed by atoms with E-state index in [4.69, 9.17) is 19.9 Å². The third kappa shape index (κ3) is 2.78. The molecule has 0 radical (unpaired) electrons. The zero-order valence-corrected chi connectivity index (χ0v) is 20.8. The van der Waals surface area contributed by atoms with Crippen molar-refractivity contribution in [3.05, 3.63) is 59.4 Å². The number of hydrogen-bond acceptors (Lipinski definition) is 2. The summed E-state index contributed by atoms with van der Waals surface area (Å²) in [4.78, 5) is 19.8. The van der Waals surface area contributed by atoms with E-state index in [1.807, 2.05) is 14.1 Å². The van der Waals surface area contributed by atoms with Crippen LogP contribution in [0.2, 0.25) is 0 Å². The number of rotatable bonds is 0. The molecule has 4 aromatic heterocycles. The first-order valence-electron chi connectivity index (χ1n) is 9.55. The van der Waals surface area contributed by atoms with Gasteiger partial charge in [0.25, 0.3) is 0 Å². The first-order chi connectivity index (χ1) is 13.2. The van der Waals surface area contributed by atoms with Crippen LogP contribution < -0.4 is 9.97 Å². The maximum absolute atomic E-state index is 4.96. The third-order valence-electron chi connectivity index (χ3n) is 6.05. The Morgan fingerprint density at radius 3 is 1.52 bits per heavy atom. The predicted octanol–water partition coefficient (Wildman–Crippen LogP) is 3.36. The summed E-state index contributed by atoms with van der Waals surface area (Å²) in [6, 6.07) is 8.28. The largest absolute Gasteiger partial charge is 2.00 e. The molecule has 144 valence electrons. The minimum Gasteiger partial charge on any atom is -0.658 e. The van der Waals surface area contributed by atoms with Gasteiger partial charge in [-0.3, -0.25) is 0 Å². The van der Waals surface area contributed by atoms with Gasteiger partial charge in [0.05, 0.1) is 16.8 Å². The fraction of sp³-hybridized carbons (Fsp3) is 0.364. The number of aryl methyl sites for hydroxylation is 2. The van der Waals surface area contributed by atoms with Crippen LogP contribution in [0.25, 0.3) is 23.0 Å². The number of hydrogen-bond donors (Lipinski definition) is 0. The first kappa shape index (κ1) is 19.9. The Morgan fingerprint density at radius 1 is 0.690 bits per heavy atom. The SMILES string of the molecule is Cn1cc2nc1-c1ccc([n-]1)C(C)(C)c1ccc([n-]1)-c1nc(cn1C)C2(C)C.[Zn+2]. The summed E-state index contributed by atoms with van der Waals surface area (Å²) in [5, 5.41) is 0. The van der Waals surface area contributed by atoms with Crippen molar-refractivity contribution in [1.82, 2.24) is 29.1 Å². The van der Waals surface area contributed by atoms with Crippen molar-refractivity contribution in [3.63, 3.8) is 0 Å². The summed E-state index contributed by atoms with van der Waals surface area (Å²) in [5.41, 5.74) is 5.08. The molecule has 5 heterocycles. The normalized spacial score (nSPS) is 16.2. The molecule has 0 spiro atoms. The van der Waals surface area contributed by atoms with Crippen molar-refractivity contribution in [2.24, 2.45) is 14.1 Å². The average Bonchev–Trinajstić information content (AvgIpc) is 3.39. The van der Waals surface area contributed by atoms with E-state index in [-0.39, 0.29) is 30.3 Å². The van der Waals surface area contributed by atoms with E-state index in [1.54, 1.807) is 0 Å². The molecule has 0 N–H and O–H groups in total. The Bertz CT molecular complexity index is 1110. The van der Waals surface area contributed by atoms with Crippen LogP contribution in [0.3, 0.4) is 0 Å². The Balaban J connectivity index is 0.00000205. The van der Waals surface area contributed by atoms with E-state index in [2.05, 4.69) is 73.5 Å². The molecule has 0 atom stereocenters. The van der Waals surface area contributed by atoms with E-state index in [0.717, 1.165) is 45.8 Å². The molecule has 0 aromatic carbocycles. The van der Waals surface area contributed by atoms with Gasteiger partial charge in [0.15, 0.2) is 0 Å². The van der Waals surface area contributed by atoms with Crippen LogP contribution in [0.1, 0.15) is 50.5 Å². The van der Waals surface area contributed by atoms with Gasteiger partial charge in [0, 0.05) is 26.5 Å². The Labute approximate surface area is 183 Å². The van der Waals surface area contributed by atoms with Gasteiger partial charge in [-0.05, 0) is 19.3 Å². The number of nitrogens with zero attached hydrogens (tertiary/aromatic N) is 6. The van der Waals surface area contributed by atoms with Crippen molar-refractivity contribution in [1.29, 1.82) is 0 Å². The smallest absolute Gasteiger partial charge is 0.658 e. The molecule has 0 amide bonds. The van der Waals surface area contributed by atoms with Crippen LogP contribution in [0, 0.1) is 0 Å². The van der Waals surface area contributed by atoms with Crippen molar-refractivity contribution in [2.45, 2.75) is 38.5 Å². The van der Waals surface area contributed by atoms with Gasteiger partial charge in [-0.2, -0.15) is 11.4 Å². The summed E-state index contributed by atoms with van der Waals surface area (Å²) >= 11 is 0. The zero-order chi connectivity index (χ0) is 19.8. The molecule has 0 unspecified atom stereocenters. The van der Waals surface area contributed by atoms with Crippen molar-refractivity contribution in [2.75, 3.05) is 0 Å². The van der Waals surface area contributed by atoms with Crippen LogP contribution in [0.4, 0.5) is 0 Å². The first-order valence-corrected chi connectivity index (χ1v) is 9.55. The fourth-order valence-corrected chi connectivity index (χ4v) is 3.94. The number of fused-ring (bicyclic) bond motifs is 10. The predicted molar refractivity (Wildman–Crippen MR) is 108 cm³/mol. The maximum atomic E-state index is 4.96. The van der Waals surface area contributed by atoms with Gasteiger partial charge >= 0.3 is 19.5 Å². The van der Waals surface area contributed by atoms with E-state index >= 15 is 0 Å². The molecule has 0 saturated carbocycles. The van der Waals surface area contributed by atoms with Gasteiger partial charge in [-0.25, -0.2) is 9.97 Å². The Hall–Kier alpha value is -2.40. The maximum Gasteiger partial charge on any atom is 2.00 e. The molecule has 1 aliphatic rings. The summed E-state index contributed by atoms with van der Waals surface area (Å²) in [6.07, 6.45) is 4.17. The van der Waals surface area contributed by atoms with E-state index in [0.29, 0.717) is 0 Å². The van der Waals surface area contributed by atoms with Gasteiger partial charge in [0.2, 0.25) is 0 Å². The summed E-state index contributed by atoms with van der Waals surface area (Å²) in [7, 11) is 4.04. The van der Waals surface area contributed by atoms with Crippen LogP contribution in [-0.4, -0.2) is 19.1 Å². The fourth-order valence-electron chi connectivity index (χ4n) is 3.94. The summed E-state index contributed by atoms with van der Waals surface area (Å²) in [6.45, 7) is 8.64. The van der Waals surface area contributed by atoms with Crippen molar-refractivity contribution >= 4 is 0 Å². The number of imidazole rings is 2. The molecule has 0 saturated heterocycles. The van der Waals surface area contributed by atoms with Gasteiger partial charge in [-0.1, -0.05) is 49.5 Å². The molecule has 1 aliphatic heterocycles. The van der Waals surface area contributed by atoms with Gasteiger partial charge < -0.3 is 19.1 Å². The Kier molecular flexibility index (Phi) is 4.32. The van der Waals surface area contributed by atoms with Crippen molar-refractivity contribution < 1.29 is 19.5 Å². The monoisotopic (exact) mass is 436 g/mol. The summed E-state index contributed by atoms with van der Waals surface area (Å²) < 4.78 is 4.11. The minimum atomic E-state index is -0.333. The third-order valence-corrected chi connectivity index (χ3v) is 6.05. The topological polar surface area (TPSA) is 63.8 Å². The minimum absolute atomic E-state index is 0. The average molecular weight is 438 g/mol.